The summed E-state index contributed by atoms with van der Waals surface area (Å²) in [6.45, 7) is 0. The van der Waals surface area contributed by atoms with E-state index in [-0.39, 0.29) is 28.0 Å². The Kier molecular flexibility index (Phi) is 5.46. The van der Waals surface area contributed by atoms with Crippen LogP contribution >= 0.6 is 11.6 Å². The summed E-state index contributed by atoms with van der Waals surface area (Å²) in [5.74, 6) is 0.241. The van der Waals surface area contributed by atoms with E-state index in [2.05, 4.69) is 21.4 Å². The third-order valence-corrected chi connectivity index (χ3v) is 7.94. The van der Waals surface area contributed by atoms with E-state index in [1.165, 1.54) is 25.0 Å². The van der Waals surface area contributed by atoms with Crippen molar-refractivity contribution in [2.75, 3.05) is 5.32 Å². The first-order chi connectivity index (χ1) is 17.0. The molecular weight excluding hydrogens is 466 g/mol. The minimum absolute atomic E-state index is 0.102. The fourth-order valence-corrected chi connectivity index (χ4v) is 6.18. The molecule has 4 nitrogen and oxygen atoms in total. The lowest BCUT2D eigenvalue weighted by molar-refractivity contribution is 0.157. The summed E-state index contributed by atoms with van der Waals surface area (Å²) in [6, 6.07) is 13.9. The molecule has 0 aliphatic heterocycles. The fraction of sp³-hybridized carbons (Fsp3) is 0.286. The van der Waals surface area contributed by atoms with Crippen molar-refractivity contribution in [2.45, 2.75) is 38.1 Å². The SMILES string of the molecule is N#Cc1c(-c2c[nH]c3c(Cl)cc(F)cc23)nc(NC2CC3CCC2CC3)c(F)c1-c1ccccc1. The van der Waals surface area contributed by atoms with Gasteiger partial charge in [0.1, 0.15) is 11.9 Å². The highest BCUT2D eigenvalue weighted by Gasteiger charge is 2.36. The predicted octanol–water partition coefficient (Wildman–Crippen LogP) is 7.69. The molecule has 7 heteroatoms. The van der Waals surface area contributed by atoms with Crippen LogP contribution in [0, 0.1) is 34.8 Å². The number of rotatable bonds is 4. The summed E-state index contributed by atoms with van der Waals surface area (Å²) < 4.78 is 30.4. The molecule has 1 atom stereocenters. The summed E-state index contributed by atoms with van der Waals surface area (Å²) in [7, 11) is 0. The van der Waals surface area contributed by atoms with Gasteiger partial charge in [-0.25, -0.2) is 13.8 Å². The van der Waals surface area contributed by atoms with Gasteiger partial charge < -0.3 is 10.3 Å². The van der Waals surface area contributed by atoms with Gasteiger partial charge in [-0.3, -0.25) is 0 Å². The number of nitrogens with zero attached hydrogens (tertiary/aromatic N) is 2. The van der Waals surface area contributed by atoms with Crippen molar-refractivity contribution >= 4 is 28.3 Å². The van der Waals surface area contributed by atoms with Crippen LogP contribution in [0.3, 0.4) is 0 Å². The molecule has 0 radical (unpaired) electrons. The number of pyridine rings is 1. The molecule has 3 fully saturated rings. The molecule has 1 unspecified atom stereocenters. The van der Waals surface area contributed by atoms with Gasteiger partial charge in [0.25, 0.3) is 0 Å². The molecule has 2 aromatic heterocycles. The summed E-state index contributed by atoms with van der Waals surface area (Å²) in [6.07, 6.45) is 7.38. The average molecular weight is 489 g/mol. The van der Waals surface area contributed by atoms with Crippen LogP contribution in [0.15, 0.2) is 48.7 Å². The van der Waals surface area contributed by atoms with E-state index in [0.29, 0.717) is 39.6 Å². The Morgan fingerprint density at radius 1 is 1.09 bits per heavy atom. The van der Waals surface area contributed by atoms with Crippen molar-refractivity contribution in [3.8, 4) is 28.5 Å². The van der Waals surface area contributed by atoms with Crippen LogP contribution in [-0.2, 0) is 0 Å². The third kappa shape index (κ3) is 3.75. The smallest absolute Gasteiger partial charge is 0.174 e. The lowest BCUT2D eigenvalue weighted by atomic mass is 9.68. The molecule has 3 saturated carbocycles. The first-order valence-electron chi connectivity index (χ1n) is 12.0. The molecule has 0 saturated heterocycles. The van der Waals surface area contributed by atoms with Gasteiger partial charge in [-0.1, -0.05) is 54.8 Å². The number of aromatic amines is 1. The summed E-state index contributed by atoms with van der Waals surface area (Å²) in [5.41, 5.74) is 2.22. The molecule has 0 spiro atoms. The number of hydrogen-bond acceptors (Lipinski definition) is 3. The fourth-order valence-electron chi connectivity index (χ4n) is 5.92. The molecule has 2 N–H and O–H groups in total. The Labute approximate surface area is 207 Å². The number of nitrogens with one attached hydrogen (secondary N) is 2. The van der Waals surface area contributed by atoms with Gasteiger partial charge in [0.15, 0.2) is 11.6 Å². The zero-order valence-electron chi connectivity index (χ0n) is 18.9. The van der Waals surface area contributed by atoms with Crippen LogP contribution in [-0.4, -0.2) is 16.0 Å². The predicted molar refractivity (Wildman–Crippen MR) is 134 cm³/mol. The maximum Gasteiger partial charge on any atom is 0.174 e. The van der Waals surface area contributed by atoms with E-state index >= 15 is 4.39 Å². The minimum Gasteiger partial charge on any atom is -0.365 e. The first-order valence-corrected chi connectivity index (χ1v) is 12.3. The standard InChI is InChI=1S/C28H23ClF2N4/c29-22-12-18(30)11-19-21(14-33-27(19)22)26-20(13-32)24(17-4-2-1-3-5-17)25(31)28(35-26)34-23-10-15-6-8-16(23)9-7-15/h1-5,11-12,14-16,23,33H,6-10H2,(H,34,35). The molecular formula is C28H23ClF2N4. The maximum absolute atomic E-state index is 16.1. The molecule has 4 aromatic rings. The monoisotopic (exact) mass is 488 g/mol. The maximum atomic E-state index is 16.1. The highest BCUT2D eigenvalue weighted by atomic mass is 35.5. The number of H-pyrrole nitrogens is 1. The van der Waals surface area contributed by atoms with Crippen LogP contribution in [0.5, 0.6) is 0 Å². The zero-order chi connectivity index (χ0) is 24.1. The van der Waals surface area contributed by atoms with E-state index in [4.69, 9.17) is 11.6 Å². The number of aromatic nitrogens is 2. The molecule has 35 heavy (non-hydrogen) atoms. The van der Waals surface area contributed by atoms with Crippen molar-refractivity contribution in [1.82, 2.24) is 9.97 Å². The van der Waals surface area contributed by atoms with Gasteiger partial charge in [-0.15, -0.1) is 0 Å². The molecule has 3 aliphatic carbocycles. The number of hydrogen-bond donors (Lipinski definition) is 2. The lowest BCUT2D eigenvalue weighted by Crippen LogP contribution is -2.40. The summed E-state index contributed by atoms with van der Waals surface area (Å²) in [5, 5.41) is 14.3. The third-order valence-electron chi connectivity index (χ3n) is 7.64. The van der Waals surface area contributed by atoms with Crippen molar-refractivity contribution in [1.29, 1.82) is 5.26 Å². The summed E-state index contributed by atoms with van der Waals surface area (Å²) >= 11 is 6.26. The molecule has 7 rings (SSSR count). The molecule has 2 bridgehead atoms. The lowest BCUT2D eigenvalue weighted by Gasteiger charge is -2.43. The molecule has 0 amide bonds. The second-order valence-electron chi connectivity index (χ2n) is 9.63. The van der Waals surface area contributed by atoms with Crippen LogP contribution in [0.25, 0.3) is 33.3 Å². The Morgan fingerprint density at radius 3 is 2.54 bits per heavy atom. The normalized spacial score (nSPS) is 21.3. The highest BCUT2D eigenvalue weighted by Crippen LogP contribution is 2.44. The summed E-state index contributed by atoms with van der Waals surface area (Å²) in [4.78, 5) is 7.73. The van der Waals surface area contributed by atoms with Crippen molar-refractivity contribution < 1.29 is 8.78 Å². The second-order valence-corrected chi connectivity index (χ2v) is 10.0. The number of anilines is 1. The Morgan fingerprint density at radius 2 is 1.86 bits per heavy atom. The molecule has 2 aromatic carbocycles. The average Bonchev–Trinajstić information content (AvgIpc) is 3.30. The van der Waals surface area contributed by atoms with Gasteiger partial charge in [0.05, 0.1) is 21.8 Å². The van der Waals surface area contributed by atoms with Gasteiger partial charge in [-0.05, 0) is 48.8 Å². The van der Waals surface area contributed by atoms with Gasteiger partial charge in [-0.2, -0.15) is 5.26 Å². The van der Waals surface area contributed by atoms with Gasteiger partial charge in [0.2, 0.25) is 0 Å². The van der Waals surface area contributed by atoms with Crippen LogP contribution in [0.4, 0.5) is 14.6 Å². The van der Waals surface area contributed by atoms with E-state index in [1.807, 2.05) is 18.2 Å². The topological polar surface area (TPSA) is 64.5 Å². The van der Waals surface area contributed by atoms with Gasteiger partial charge >= 0.3 is 0 Å². The Balaban J connectivity index is 1.57. The Bertz CT molecular complexity index is 1470. The van der Waals surface area contributed by atoms with Crippen molar-refractivity contribution in [2.24, 2.45) is 11.8 Å². The van der Waals surface area contributed by atoms with Crippen LogP contribution in [0.2, 0.25) is 5.02 Å². The second kappa shape index (κ2) is 8.66. The van der Waals surface area contributed by atoms with Crippen molar-refractivity contribution in [3.05, 3.63) is 70.9 Å². The van der Waals surface area contributed by atoms with Crippen LogP contribution < -0.4 is 5.32 Å². The van der Waals surface area contributed by atoms with E-state index in [1.54, 1.807) is 18.3 Å². The molecule has 2 heterocycles. The number of halogens is 3. The number of fused-ring (bicyclic) bond motifs is 4. The van der Waals surface area contributed by atoms with Crippen molar-refractivity contribution in [3.63, 3.8) is 0 Å². The van der Waals surface area contributed by atoms with Gasteiger partial charge in [0, 0.05) is 28.8 Å². The largest absolute Gasteiger partial charge is 0.365 e. The molecule has 3 aliphatic rings. The zero-order valence-corrected chi connectivity index (χ0v) is 19.7. The van der Waals surface area contributed by atoms with E-state index in [0.717, 1.165) is 19.3 Å². The minimum atomic E-state index is -0.540. The first kappa shape index (κ1) is 22.1. The van der Waals surface area contributed by atoms with E-state index < -0.39 is 11.6 Å². The van der Waals surface area contributed by atoms with E-state index in [9.17, 15) is 9.65 Å². The number of benzene rings is 2. The highest BCUT2D eigenvalue weighted by molar-refractivity contribution is 6.35. The molecule has 176 valence electrons. The number of nitriles is 1. The van der Waals surface area contributed by atoms with Crippen LogP contribution in [0.1, 0.15) is 37.7 Å². The Hall–Kier alpha value is -3.43. The quantitative estimate of drug-likeness (QED) is 0.309.